The number of amides is 1. The molecule has 1 aliphatic heterocycles. The number of anilines is 1. The van der Waals surface area contributed by atoms with Gasteiger partial charge in [0.2, 0.25) is 10.0 Å². The van der Waals surface area contributed by atoms with Crippen molar-refractivity contribution in [2.24, 2.45) is 0 Å². The summed E-state index contributed by atoms with van der Waals surface area (Å²) in [7, 11) is -3.61. The first-order valence-electron chi connectivity index (χ1n) is 7.78. The van der Waals surface area contributed by atoms with Gasteiger partial charge in [-0.1, -0.05) is 0 Å². The molecule has 1 saturated heterocycles. The van der Waals surface area contributed by atoms with E-state index in [1.54, 1.807) is 24.3 Å². The van der Waals surface area contributed by atoms with Gasteiger partial charge in [0.1, 0.15) is 5.75 Å². The van der Waals surface area contributed by atoms with Crippen molar-refractivity contribution < 1.29 is 18.3 Å². The van der Waals surface area contributed by atoms with Gasteiger partial charge in [-0.15, -0.1) is 0 Å². The molecule has 0 aromatic heterocycles. The second kappa shape index (κ2) is 7.30. The molecule has 0 atom stereocenters. The third kappa shape index (κ3) is 3.96. The lowest BCUT2D eigenvalue weighted by molar-refractivity contribution is 0.102. The van der Waals surface area contributed by atoms with Crippen molar-refractivity contribution in [3.05, 3.63) is 51.6 Å². The van der Waals surface area contributed by atoms with Gasteiger partial charge < -0.3 is 10.4 Å². The number of sulfonamides is 1. The van der Waals surface area contributed by atoms with E-state index in [4.69, 9.17) is 0 Å². The van der Waals surface area contributed by atoms with E-state index in [0.29, 0.717) is 18.7 Å². The molecule has 0 unspecified atom stereocenters. The fourth-order valence-electron chi connectivity index (χ4n) is 2.65. The molecule has 0 aliphatic carbocycles. The Morgan fingerprint density at radius 1 is 1.08 bits per heavy atom. The van der Waals surface area contributed by atoms with Gasteiger partial charge in [-0.25, -0.2) is 8.42 Å². The molecule has 8 heteroatoms. The van der Waals surface area contributed by atoms with Crippen molar-refractivity contribution in [3.63, 3.8) is 0 Å². The van der Waals surface area contributed by atoms with E-state index in [1.807, 2.05) is 0 Å². The van der Waals surface area contributed by atoms with Crippen LogP contribution in [-0.2, 0) is 10.0 Å². The van der Waals surface area contributed by atoms with E-state index in [-0.39, 0.29) is 16.3 Å². The second-order valence-electron chi connectivity index (χ2n) is 5.75. The molecule has 0 bridgehead atoms. The van der Waals surface area contributed by atoms with Crippen LogP contribution in [0.25, 0.3) is 0 Å². The van der Waals surface area contributed by atoms with Crippen molar-refractivity contribution in [3.8, 4) is 5.75 Å². The Kier molecular flexibility index (Phi) is 5.30. The van der Waals surface area contributed by atoms with Gasteiger partial charge >= 0.3 is 0 Å². The van der Waals surface area contributed by atoms with Crippen molar-refractivity contribution in [2.75, 3.05) is 18.4 Å². The molecule has 1 aliphatic rings. The topological polar surface area (TPSA) is 86.7 Å². The Morgan fingerprint density at radius 3 is 2.36 bits per heavy atom. The van der Waals surface area contributed by atoms with E-state index < -0.39 is 15.9 Å². The Hall–Kier alpha value is -1.65. The lowest BCUT2D eigenvalue weighted by Crippen LogP contribution is -2.28. The summed E-state index contributed by atoms with van der Waals surface area (Å²) in [5, 5.41) is 12.6. The minimum atomic E-state index is -3.61. The van der Waals surface area contributed by atoms with Gasteiger partial charge in [0, 0.05) is 22.2 Å². The van der Waals surface area contributed by atoms with Crippen molar-refractivity contribution in [1.82, 2.24) is 4.31 Å². The summed E-state index contributed by atoms with van der Waals surface area (Å²) in [4.78, 5) is 12.4. The third-order valence-corrected chi connectivity index (χ3v) is 6.64. The van der Waals surface area contributed by atoms with Crippen LogP contribution in [0.3, 0.4) is 0 Å². The maximum absolute atomic E-state index is 12.6. The predicted molar refractivity (Wildman–Crippen MR) is 103 cm³/mol. The summed E-state index contributed by atoms with van der Waals surface area (Å²) in [5.41, 5.74) is 0.497. The molecule has 1 amide bonds. The minimum Gasteiger partial charge on any atom is -0.506 e. The first-order valence-corrected chi connectivity index (χ1v) is 10.3. The largest absolute Gasteiger partial charge is 0.506 e. The summed E-state index contributed by atoms with van der Waals surface area (Å²) >= 11 is 2.14. The molecule has 0 radical (unpaired) electrons. The standard InChI is InChI=1S/C17H17IN2O4S/c18-13-5-3-12(4-6-13)17(22)19-15-11-14(7-8-16(15)21)25(23,24)20-9-1-2-10-20/h3-8,11,21H,1-2,9-10H2,(H,19,22). The first-order chi connectivity index (χ1) is 11.9. The molecular weight excluding hydrogens is 455 g/mol. The van der Waals surface area contributed by atoms with Gasteiger partial charge in [0.15, 0.2) is 0 Å². The SMILES string of the molecule is O=C(Nc1cc(S(=O)(=O)N2CCCC2)ccc1O)c1ccc(I)cc1. The summed E-state index contributed by atoms with van der Waals surface area (Å²) in [6.45, 7) is 0.987. The van der Waals surface area contributed by atoms with Gasteiger partial charge in [0.05, 0.1) is 10.6 Å². The van der Waals surface area contributed by atoms with Crippen LogP contribution < -0.4 is 5.32 Å². The average molecular weight is 472 g/mol. The van der Waals surface area contributed by atoms with E-state index >= 15 is 0 Å². The Morgan fingerprint density at radius 2 is 1.72 bits per heavy atom. The fourth-order valence-corrected chi connectivity index (χ4v) is 4.55. The number of carbonyl (C=O) groups excluding carboxylic acids is 1. The lowest BCUT2D eigenvalue weighted by atomic mass is 10.2. The van der Waals surface area contributed by atoms with Crippen LogP contribution in [-0.4, -0.2) is 36.8 Å². The molecule has 2 N–H and O–H groups in total. The highest BCUT2D eigenvalue weighted by molar-refractivity contribution is 14.1. The highest BCUT2D eigenvalue weighted by atomic mass is 127. The number of nitrogens with zero attached hydrogens (tertiary/aromatic N) is 1. The number of hydrogen-bond acceptors (Lipinski definition) is 4. The van der Waals surface area contributed by atoms with Crippen LogP contribution >= 0.6 is 22.6 Å². The monoisotopic (exact) mass is 472 g/mol. The number of phenolic OH excluding ortho intramolecular Hbond substituents is 1. The maximum Gasteiger partial charge on any atom is 0.255 e. The van der Waals surface area contributed by atoms with Crippen LogP contribution in [0.5, 0.6) is 5.75 Å². The van der Waals surface area contributed by atoms with E-state index in [9.17, 15) is 18.3 Å². The third-order valence-electron chi connectivity index (χ3n) is 4.03. The van der Waals surface area contributed by atoms with Crippen LogP contribution in [0.15, 0.2) is 47.4 Å². The first kappa shape index (κ1) is 18.2. The van der Waals surface area contributed by atoms with E-state index in [0.717, 1.165) is 16.4 Å². The molecule has 0 spiro atoms. The van der Waals surface area contributed by atoms with Gasteiger partial charge in [-0.05, 0) is 77.9 Å². The molecule has 3 rings (SSSR count). The quantitative estimate of drug-likeness (QED) is 0.529. The van der Waals surface area contributed by atoms with Crippen LogP contribution in [0.1, 0.15) is 23.2 Å². The minimum absolute atomic E-state index is 0.0603. The van der Waals surface area contributed by atoms with Gasteiger partial charge in [-0.2, -0.15) is 4.31 Å². The number of aromatic hydroxyl groups is 1. The normalized spacial score (nSPS) is 15.2. The number of rotatable bonds is 4. The van der Waals surface area contributed by atoms with Crippen LogP contribution in [0, 0.1) is 3.57 Å². The zero-order valence-corrected chi connectivity index (χ0v) is 16.2. The molecular formula is C17H17IN2O4S. The smallest absolute Gasteiger partial charge is 0.255 e. The summed E-state index contributed by atoms with van der Waals surface area (Å²) in [6, 6.07) is 10.9. The molecule has 6 nitrogen and oxygen atoms in total. The number of carbonyl (C=O) groups is 1. The van der Waals surface area contributed by atoms with E-state index in [1.165, 1.54) is 22.5 Å². The number of nitrogens with one attached hydrogen (secondary N) is 1. The number of halogens is 1. The van der Waals surface area contributed by atoms with Crippen LogP contribution in [0.4, 0.5) is 5.69 Å². The Labute approximate surface area is 160 Å². The molecule has 2 aromatic rings. The zero-order chi connectivity index (χ0) is 18.0. The van der Waals surface area contributed by atoms with Crippen LogP contribution in [0.2, 0.25) is 0 Å². The summed E-state index contributed by atoms with van der Waals surface area (Å²) in [6.07, 6.45) is 1.68. The summed E-state index contributed by atoms with van der Waals surface area (Å²) in [5.74, 6) is -0.596. The second-order valence-corrected chi connectivity index (χ2v) is 8.93. The average Bonchev–Trinajstić information content (AvgIpc) is 3.12. The van der Waals surface area contributed by atoms with Gasteiger partial charge in [-0.3, -0.25) is 4.79 Å². The van der Waals surface area contributed by atoms with Crippen molar-refractivity contribution >= 4 is 44.2 Å². The van der Waals surface area contributed by atoms with Crippen molar-refractivity contribution in [1.29, 1.82) is 0 Å². The Bertz CT molecular complexity index is 891. The highest BCUT2D eigenvalue weighted by Gasteiger charge is 2.27. The highest BCUT2D eigenvalue weighted by Crippen LogP contribution is 2.29. The zero-order valence-electron chi connectivity index (χ0n) is 13.3. The Balaban J connectivity index is 1.87. The number of benzene rings is 2. The van der Waals surface area contributed by atoms with Crippen molar-refractivity contribution in [2.45, 2.75) is 17.7 Å². The van der Waals surface area contributed by atoms with Gasteiger partial charge in [0.25, 0.3) is 5.91 Å². The molecule has 1 heterocycles. The lowest BCUT2D eigenvalue weighted by Gasteiger charge is -2.16. The molecule has 2 aromatic carbocycles. The number of phenols is 1. The summed E-state index contributed by atoms with van der Waals surface area (Å²) < 4.78 is 27.7. The maximum atomic E-state index is 12.6. The molecule has 132 valence electrons. The molecule has 25 heavy (non-hydrogen) atoms. The molecule has 0 saturated carbocycles. The molecule has 1 fully saturated rings. The van der Waals surface area contributed by atoms with E-state index in [2.05, 4.69) is 27.9 Å². The predicted octanol–water partition coefficient (Wildman–Crippen LogP) is 3.03. The fraction of sp³-hybridized carbons (Fsp3) is 0.235. The number of hydrogen-bond donors (Lipinski definition) is 2.